The summed E-state index contributed by atoms with van der Waals surface area (Å²) in [6.07, 6.45) is 1.91. The zero-order valence-electron chi connectivity index (χ0n) is 11.3. The molecule has 0 heterocycles. The van der Waals surface area contributed by atoms with Crippen LogP contribution in [0.4, 0.5) is 5.69 Å². The highest BCUT2D eigenvalue weighted by molar-refractivity contribution is 5.97. The average Bonchev–Trinajstić information content (AvgIpc) is 2.42. The maximum absolute atomic E-state index is 12.3. The highest BCUT2D eigenvalue weighted by Crippen LogP contribution is 2.28. The van der Waals surface area contributed by atoms with Gasteiger partial charge >= 0.3 is 0 Å². The fraction of sp³-hybridized carbons (Fsp3) is 0.467. The Kier molecular flexibility index (Phi) is 4.91. The lowest BCUT2D eigenvalue weighted by Gasteiger charge is -2.22. The smallest absolute Gasteiger partial charge is 0.244 e. The zero-order valence-corrected chi connectivity index (χ0v) is 11.3. The van der Waals surface area contributed by atoms with Crippen molar-refractivity contribution >= 4 is 11.6 Å². The van der Waals surface area contributed by atoms with Crippen LogP contribution in [0, 0.1) is 16.7 Å². The molecule has 1 aromatic rings. The van der Waals surface area contributed by atoms with E-state index in [9.17, 15) is 10.1 Å². The van der Waals surface area contributed by atoms with Crippen LogP contribution in [-0.2, 0) is 11.2 Å². The molecule has 3 nitrogen and oxygen atoms in total. The fourth-order valence-corrected chi connectivity index (χ4v) is 1.97. The lowest BCUT2D eigenvalue weighted by molar-refractivity contribution is -0.123. The SMILES string of the molecule is CCc1ccccc1NC(=O)C(C#N)(CC)CC. The molecule has 0 radical (unpaired) electrons. The number of benzene rings is 1. The second-order valence-corrected chi connectivity index (χ2v) is 4.37. The van der Waals surface area contributed by atoms with E-state index in [1.54, 1.807) is 0 Å². The number of anilines is 1. The van der Waals surface area contributed by atoms with Gasteiger partial charge in [-0.15, -0.1) is 0 Å². The van der Waals surface area contributed by atoms with Crippen LogP contribution in [0.5, 0.6) is 0 Å². The Morgan fingerprint density at radius 3 is 2.39 bits per heavy atom. The summed E-state index contributed by atoms with van der Waals surface area (Å²) in [6, 6.07) is 9.87. The Bertz CT molecular complexity index is 456. The highest BCUT2D eigenvalue weighted by Gasteiger charge is 2.35. The molecule has 0 saturated heterocycles. The second-order valence-electron chi connectivity index (χ2n) is 4.37. The van der Waals surface area contributed by atoms with E-state index < -0.39 is 5.41 Å². The third-order valence-corrected chi connectivity index (χ3v) is 3.50. The molecule has 0 aliphatic rings. The quantitative estimate of drug-likeness (QED) is 0.861. The molecule has 0 fully saturated rings. The largest absolute Gasteiger partial charge is 0.324 e. The molecule has 1 rings (SSSR count). The van der Waals surface area contributed by atoms with Crippen LogP contribution < -0.4 is 5.32 Å². The van der Waals surface area contributed by atoms with Gasteiger partial charge in [-0.1, -0.05) is 39.0 Å². The molecule has 0 bridgehead atoms. The van der Waals surface area contributed by atoms with Crippen LogP contribution in [-0.4, -0.2) is 5.91 Å². The van der Waals surface area contributed by atoms with Crippen LogP contribution in [0.25, 0.3) is 0 Å². The van der Waals surface area contributed by atoms with E-state index >= 15 is 0 Å². The Balaban J connectivity index is 2.97. The predicted octanol–water partition coefficient (Wildman–Crippen LogP) is 3.52. The fourth-order valence-electron chi connectivity index (χ4n) is 1.97. The van der Waals surface area contributed by atoms with E-state index in [0.29, 0.717) is 12.8 Å². The van der Waals surface area contributed by atoms with Crippen molar-refractivity contribution in [3.8, 4) is 6.07 Å². The van der Waals surface area contributed by atoms with E-state index in [1.807, 2.05) is 45.0 Å². The van der Waals surface area contributed by atoms with Gasteiger partial charge in [0.25, 0.3) is 0 Å². The number of nitriles is 1. The summed E-state index contributed by atoms with van der Waals surface area (Å²) in [4.78, 5) is 12.3. The maximum atomic E-state index is 12.3. The molecule has 0 aliphatic heterocycles. The maximum Gasteiger partial charge on any atom is 0.244 e. The molecule has 0 unspecified atom stereocenters. The molecule has 0 spiro atoms. The Hall–Kier alpha value is -1.82. The van der Waals surface area contributed by atoms with Gasteiger partial charge in [-0.05, 0) is 30.9 Å². The number of aryl methyl sites for hydroxylation is 1. The number of carbonyl (C=O) groups is 1. The first-order valence-electron chi connectivity index (χ1n) is 6.44. The van der Waals surface area contributed by atoms with Gasteiger partial charge in [0.05, 0.1) is 6.07 Å². The molecule has 1 N–H and O–H groups in total. The first-order chi connectivity index (χ1) is 8.63. The van der Waals surface area contributed by atoms with Gasteiger partial charge in [0.15, 0.2) is 0 Å². The summed E-state index contributed by atoms with van der Waals surface area (Å²) >= 11 is 0. The van der Waals surface area contributed by atoms with Crippen LogP contribution in [0.1, 0.15) is 39.2 Å². The molecule has 1 aromatic carbocycles. The van der Waals surface area contributed by atoms with Crippen molar-refractivity contribution in [3.63, 3.8) is 0 Å². The number of carbonyl (C=O) groups excluding carboxylic acids is 1. The van der Waals surface area contributed by atoms with Gasteiger partial charge in [0, 0.05) is 5.69 Å². The summed E-state index contributed by atoms with van der Waals surface area (Å²) in [5.41, 5.74) is 0.984. The molecule has 0 aliphatic carbocycles. The molecule has 18 heavy (non-hydrogen) atoms. The van der Waals surface area contributed by atoms with E-state index in [1.165, 1.54) is 0 Å². The first-order valence-corrected chi connectivity index (χ1v) is 6.44. The minimum atomic E-state index is -0.916. The second kappa shape index (κ2) is 6.20. The molecule has 1 amide bonds. The van der Waals surface area contributed by atoms with E-state index in [0.717, 1.165) is 17.7 Å². The minimum absolute atomic E-state index is 0.198. The topological polar surface area (TPSA) is 52.9 Å². The number of hydrogen-bond acceptors (Lipinski definition) is 2. The highest BCUT2D eigenvalue weighted by atomic mass is 16.2. The number of amides is 1. The van der Waals surface area contributed by atoms with Gasteiger partial charge in [-0.2, -0.15) is 5.26 Å². The van der Waals surface area contributed by atoms with Gasteiger partial charge in [0.2, 0.25) is 5.91 Å². The van der Waals surface area contributed by atoms with Crippen molar-refractivity contribution in [2.75, 3.05) is 5.32 Å². The number of rotatable bonds is 5. The molecule has 0 saturated carbocycles. The van der Waals surface area contributed by atoms with E-state index in [4.69, 9.17) is 0 Å². The Labute approximate surface area is 109 Å². The minimum Gasteiger partial charge on any atom is -0.324 e. The summed E-state index contributed by atoms with van der Waals surface area (Å²) in [7, 11) is 0. The molecule has 0 aromatic heterocycles. The number of para-hydroxylation sites is 1. The Morgan fingerprint density at radius 2 is 1.89 bits per heavy atom. The summed E-state index contributed by atoms with van der Waals surface area (Å²) in [5.74, 6) is -0.198. The van der Waals surface area contributed by atoms with Crippen LogP contribution >= 0.6 is 0 Å². The van der Waals surface area contributed by atoms with Crippen molar-refractivity contribution in [1.82, 2.24) is 0 Å². The van der Waals surface area contributed by atoms with Crippen LogP contribution in [0.15, 0.2) is 24.3 Å². The molecular weight excluding hydrogens is 224 g/mol. The molecule has 96 valence electrons. The third-order valence-electron chi connectivity index (χ3n) is 3.50. The predicted molar refractivity (Wildman–Crippen MR) is 73.1 cm³/mol. The average molecular weight is 244 g/mol. The van der Waals surface area contributed by atoms with E-state index in [2.05, 4.69) is 11.4 Å². The summed E-state index contributed by atoms with van der Waals surface area (Å²) in [5, 5.41) is 12.1. The van der Waals surface area contributed by atoms with Gasteiger partial charge in [-0.25, -0.2) is 0 Å². The molecule has 0 atom stereocenters. The number of nitrogens with one attached hydrogen (secondary N) is 1. The van der Waals surface area contributed by atoms with Crippen molar-refractivity contribution in [3.05, 3.63) is 29.8 Å². The van der Waals surface area contributed by atoms with E-state index in [-0.39, 0.29) is 5.91 Å². The molecule has 3 heteroatoms. The monoisotopic (exact) mass is 244 g/mol. The zero-order chi connectivity index (χ0) is 13.6. The number of nitrogens with zero attached hydrogens (tertiary/aromatic N) is 1. The summed E-state index contributed by atoms with van der Waals surface area (Å²) in [6.45, 7) is 5.79. The van der Waals surface area contributed by atoms with Crippen LogP contribution in [0.3, 0.4) is 0 Å². The standard InChI is InChI=1S/C15H20N2O/c1-4-12-9-7-8-10-13(12)17-14(18)15(5-2,6-3)11-16/h7-10H,4-6H2,1-3H3,(H,17,18). The van der Waals surface area contributed by atoms with Crippen molar-refractivity contribution in [2.45, 2.75) is 40.0 Å². The lowest BCUT2D eigenvalue weighted by atomic mass is 9.83. The van der Waals surface area contributed by atoms with Crippen molar-refractivity contribution in [1.29, 1.82) is 5.26 Å². The van der Waals surface area contributed by atoms with Crippen molar-refractivity contribution < 1.29 is 4.79 Å². The first kappa shape index (κ1) is 14.2. The third kappa shape index (κ3) is 2.70. The van der Waals surface area contributed by atoms with Gasteiger partial charge < -0.3 is 5.32 Å². The summed E-state index contributed by atoms with van der Waals surface area (Å²) < 4.78 is 0. The van der Waals surface area contributed by atoms with Gasteiger partial charge in [0.1, 0.15) is 5.41 Å². The lowest BCUT2D eigenvalue weighted by Crippen LogP contribution is -2.34. The normalized spacial score (nSPS) is 10.8. The van der Waals surface area contributed by atoms with Crippen molar-refractivity contribution in [2.24, 2.45) is 5.41 Å². The number of hydrogen-bond donors (Lipinski definition) is 1. The Morgan fingerprint density at radius 1 is 1.28 bits per heavy atom. The van der Waals surface area contributed by atoms with Gasteiger partial charge in [-0.3, -0.25) is 4.79 Å². The molecular formula is C15H20N2O. The van der Waals surface area contributed by atoms with Crippen LogP contribution in [0.2, 0.25) is 0 Å².